The Hall–Kier alpha value is -1.61. The van der Waals surface area contributed by atoms with E-state index < -0.39 is 5.60 Å². The van der Waals surface area contributed by atoms with E-state index in [9.17, 15) is 9.90 Å². The SMILES string of the molecule is Cc1ccc(/C=C/C(=O)N2CCC(C)(O)C2)cc1. The van der Waals surface area contributed by atoms with E-state index in [1.807, 2.05) is 37.3 Å². The molecular weight excluding hydrogens is 226 g/mol. The van der Waals surface area contributed by atoms with Crippen molar-refractivity contribution in [1.29, 1.82) is 0 Å². The van der Waals surface area contributed by atoms with Gasteiger partial charge in [-0.1, -0.05) is 29.8 Å². The van der Waals surface area contributed by atoms with Crippen LogP contribution < -0.4 is 0 Å². The van der Waals surface area contributed by atoms with Gasteiger partial charge in [0.25, 0.3) is 0 Å². The average molecular weight is 245 g/mol. The molecule has 1 atom stereocenters. The molecule has 1 N–H and O–H groups in total. The highest BCUT2D eigenvalue weighted by Gasteiger charge is 2.32. The summed E-state index contributed by atoms with van der Waals surface area (Å²) in [6, 6.07) is 8.01. The van der Waals surface area contributed by atoms with E-state index in [-0.39, 0.29) is 5.91 Å². The lowest BCUT2D eigenvalue weighted by Gasteiger charge is -2.17. The maximum atomic E-state index is 11.9. The second-order valence-corrected chi connectivity index (χ2v) is 5.25. The minimum absolute atomic E-state index is 0.0339. The van der Waals surface area contributed by atoms with Crippen LogP contribution in [-0.2, 0) is 4.79 Å². The summed E-state index contributed by atoms with van der Waals surface area (Å²) in [7, 11) is 0. The lowest BCUT2D eigenvalue weighted by Crippen LogP contribution is -2.32. The van der Waals surface area contributed by atoms with Gasteiger partial charge in [-0.3, -0.25) is 4.79 Å². The molecule has 1 aliphatic heterocycles. The molecule has 1 aliphatic rings. The monoisotopic (exact) mass is 245 g/mol. The Labute approximate surface area is 108 Å². The van der Waals surface area contributed by atoms with Gasteiger partial charge in [-0.25, -0.2) is 0 Å². The minimum atomic E-state index is -0.729. The Balaban J connectivity index is 1.97. The molecule has 96 valence electrons. The molecule has 1 fully saturated rings. The summed E-state index contributed by atoms with van der Waals surface area (Å²) in [5.41, 5.74) is 1.49. The van der Waals surface area contributed by atoms with E-state index in [1.165, 1.54) is 5.56 Å². The van der Waals surface area contributed by atoms with Crippen molar-refractivity contribution in [2.45, 2.75) is 25.9 Å². The van der Waals surface area contributed by atoms with Gasteiger partial charge in [-0.05, 0) is 31.9 Å². The number of likely N-dealkylation sites (tertiary alicyclic amines) is 1. The molecule has 18 heavy (non-hydrogen) atoms. The Morgan fingerprint density at radius 3 is 2.61 bits per heavy atom. The van der Waals surface area contributed by atoms with Gasteiger partial charge in [-0.2, -0.15) is 0 Å². The zero-order chi connectivity index (χ0) is 13.2. The highest BCUT2D eigenvalue weighted by atomic mass is 16.3. The Morgan fingerprint density at radius 1 is 1.39 bits per heavy atom. The Morgan fingerprint density at radius 2 is 2.06 bits per heavy atom. The van der Waals surface area contributed by atoms with Crippen LogP contribution in [-0.4, -0.2) is 34.6 Å². The standard InChI is InChI=1S/C15H19NO2/c1-12-3-5-13(6-4-12)7-8-14(17)16-10-9-15(2,18)11-16/h3-8,18H,9-11H2,1-2H3/b8-7+. The predicted octanol–water partition coefficient (Wildman–Crippen LogP) is 1.99. The quantitative estimate of drug-likeness (QED) is 0.809. The van der Waals surface area contributed by atoms with E-state index in [2.05, 4.69) is 0 Å². The number of β-amino-alcohol motifs (C(OH)–C–C–N with tert-alkyl or cyclic N) is 1. The van der Waals surface area contributed by atoms with Crippen molar-refractivity contribution in [2.24, 2.45) is 0 Å². The minimum Gasteiger partial charge on any atom is -0.388 e. The molecule has 3 nitrogen and oxygen atoms in total. The van der Waals surface area contributed by atoms with Crippen molar-refractivity contribution < 1.29 is 9.90 Å². The van der Waals surface area contributed by atoms with Crippen molar-refractivity contribution in [3.8, 4) is 0 Å². The van der Waals surface area contributed by atoms with E-state index in [1.54, 1.807) is 17.9 Å². The Bertz CT molecular complexity index is 460. The van der Waals surface area contributed by atoms with Crippen LogP contribution in [0.15, 0.2) is 30.3 Å². The van der Waals surface area contributed by atoms with Gasteiger partial charge in [-0.15, -0.1) is 0 Å². The second-order valence-electron chi connectivity index (χ2n) is 5.25. The smallest absolute Gasteiger partial charge is 0.246 e. The molecule has 2 rings (SSSR count). The van der Waals surface area contributed by atoms with Gasteiger partial charge in [0.15, 0.2) is 0 Å². The van der Waals surface area contributed by atoms with Crippen LogP contribution in [0, 0.1) is 6.92 Å². The van der Waals surface area contributed by atoms with Gasteiger partial charge in [0.2, 0.25) is 5.91 Å². The zero-order valence-electron chi connectivity index (χ0n) is 10.9. The fourth-order valence-corrected chi connectivity index (χ4v) is 2.08. The van der Waals surface area contributed by atoms with Crippen LogP contribution in [0.2, 0.25) is 0 Å². The summed E-state index contributed by atoms with van der Waals surface area (Å²) in [6.07, 6.45) is 4.04. The third kappa shape index (κ3) is 3.20. The molecule has 1 heterocycles. The third-order valence-corrected chi connectivity index (χ3v) is 3.26. The van der Waals surface area contributed by atoms with Gasteiger partial charge in [0.1, 0.15) is 0 Å². The molecule has 1 unspecified atom stereocenters. The van der Waals surface area contributed by atoms with Crippen molar-refractivity contribution in [3.63, 3.8) is 0 Å². The van der Waals surface area contributed by atoms with E-state index in [0.717, 1.165) is 5.56 Å². The molecule has 0 saturated carbocycles. The first-order valence-electron chi connectivity index (χ1n) is 6.22. The first kappa shape index (κ1) is 12.8. The topological polar surface area (TPSA) is 40.5 Å². The molecule has 0 aromatic heterocycles. The molecule has 1 amide bonds. The number of carbonyl (C=O) groups is 1. The van der Waals surface area contributed by atoms with Gasteiger partial charge in [0, 0.05) is 19.2 Å². The predicted molar refractivity (Wildman–Crippen MR) is 72.0 cm³/mol. The number of amides is 1. The van der Waals surface area contributed by atoms with Crippen LogP contribution >= 0.6 is 0 Å². The maximum Gasteiger partial charge on any atom is 0.246 e. The summed E-state index contributed by atoms with van der Waals surface area (Å²) >= 11 is 0. The lowest BCUT2D eigenvalue weighted by molar-refractivity contribution is -0.125. The summed E-state index contributed by atoms with van der Waals surface area (Å²) in [5, 5.41) is 9.81. The van der Waals surface area contributed by atoms with Crippen LogP contribution in [0.3, 0.4) is 0 Å². The van der Waals surface area contributed by atoms with E-state index in [4.69, 9.17) is 0 Å². The molecular formula is C15H19NO2. The molecule has 0 aliphatic carbocycles. The maximum absolute atomic E-state index is 11.9. The summed E-state index contributed by atoms with van der Waals surface area (Å²) in [5.74, 6) is -0.0339. The first-order valence-corrected chi connectivity index (χ1v) is 6.22. The van der Waals surface area contributed by atoms with Crippen LogP contribution in [0.5, 0.6) is 0 Å². The molecule has 1 saturated heterocycles. The Kier molecular flexibility index (Phi) is 3.53. The summed E-state index contributed by atoms with van der Waals surface area (Å²) < 4.78 is 0. The largest absolute Gasteiger partial charge is 0.388 e. The van der Waals surface area contributed by atoms with Crippen molar-refractivity contribution >= 4 is 12.0 Å². The third-order valence-electron chi connectivity index (χ3n) is 3.26. The number of carbonyl (C=O) groups excluding carboxylic acids is 1. The molecule has 0 bridgehead atoms. The van der Waals surface area contributed by atoms with Crippen molar-refractivity contribution in [3.05, 3.63) is 41.5 Å². The second kappa shape index (κ2) is 4.94. The number of aryl methyl sites for hydroxylation is 1. The molecule has 1 aromatic rings. The molecule has 0 spiro atoms. The average Bonchev–Trinajstić information content (AvgIpc) is 2.69. The van der Waals surface area contributed by atoms with Gasteiger partial charge in [0.05, 0.1) is 5.60 Å². The van der Waals surface area contributed by atoms with Crippen LogP contribution in [0.4, 0.5) is 0 Å². The van der Waals surface area contributed by atoms with E-state index in [0.29, 0.717) is 19.5 Å². The number of aliphatic hydroxyl groups is 1. The fraction of sp³-hybridized carbons (Fsp3) is 0.400. The van der Waals surface area contributed by atoms with Gasteiger partial charge < -0.3 is 10.0 Å². The fourth-order valence-electron chi connectivity index (χ4n) is 2.08. The molecule has 0 radical (unpaired) electrons. The van der Waals surface area contributed by atoms with Crippen LogP contribution in [0.25, 0.3) is 6.08 Å². The highest BCUT2D eigenvalue weighted by molar-refractivity contribution is 5.92. The number of nitrogens with zero attached hydrogens (tertiary/aromatic N) is 1. The molecule has 1 aromatic carbocycles. The van der Waals surface area contributed by atoms with E-state index >= 15 is 0 Å². The summed E-state index contributed by atoms with van der Waals surface area (Å²) in [4.78, 5) is 13.6. The van der Waals surface area contributed by atoms with Crippen molar-refractivity contribution in [1.82, 2.24) is 4.90 Å². The lowest BCUT2D eigenvalue weighted by atomic mass is 10.1. The highest BCUT2D eigenvalue weighted by Crippen LogP contribution is 2.20. The first-order chi connectivity index (χ1) is 8.46. The number of benzene rings is 1. The van der Waals surface area contributed by atoms with Crippen LogP contribution in [0.1, 0.15) is 24.5 Å². The number of rotatable bonds is 2. The molecule has 3 heteroatoms. The van der Waals surface area contributed by atoms with Gasteiger partial charge >= 0.3 is 0 Å². The van der Waals surface area contributed by atoms with Crippen molar-refractivity contribution in [2.75, 3.05) is 13.1 Å². The summed E-state index contributed by atoms with van der Waals surface area (Å²) in [6.45, 7) is 4.85. The normalized spacial score (nSPS) is 23.8. The zero-order valence-corrected chi connectivity index (χ0v) is 10.9. The number of hydrogen-bond donors (Lipinski definition) is 1. The number of hydrogen-bond acceptors (Lipinski definition) is 2.